The van der Waals surface area contributed by atoms with Gasteiger partial charge in [0.05, 0.1) is 4.90 Å². The van der Waals surface area contributed by atoms with Crippen molar-refractivity contribution in [3.05, 3.63) is 71.2 Å². The summed E-state index contributed by atoms with van der Waals surface area (Å²) < 4.78 is 33.4. The zero-order valence-corrected chi connectivity index (χ0v) is 22.3. The van der Waals surface area contributed by atoms with E-state index in [-0.39, 0.29) is 17.3 Å². The molecule has 2 N–H and O–H groups in total. The number of carbonyl (C=O) groups excluding carboxylic acids is 1. The van der Waals surface area contributed by atoms with Gasteiger partial charge >= 0.3 is 5.97 Å². The van der Waals surface area contributed by atoms with Gasteiger partial charge in [0.15, 0.2) is 0 Å². The Kier molecular flexibility index (Phi) is 6.47. The van der Waals surface area contributed by atoms with Gasteiger partial charge in [0.25, 0.3) is 5.91 Å². The number of aliphatic carboxylic acids is 1. The molecule has 1 aromatic heterocycles. The fraction of sp³-hybridized carbons (Fsp3) is 0.231. The number of furan rings is 1. The van der Waals surface area contributed by atoms with Crippen molar-refractivity contribution in [3.8, 4) is 0 Å². The smallest absolute Gasteiger partial charge is 0.323 e. The average Bonchev–Trinajstić information content (AvgIpc) is 3.20. The predicted octanol–water partition coefficient (Wildman–Crippen LogP) is 5.46. The molecule has 8 nitrogen and oxygen atoms in total. The Balaban J connectivity index is 1.49. The summed E-state index contributed by atoms with van der Waals surface area (Å²) in [5.74, 6) is -1.01. The first-order valence-electron chi connectivity index (χ1n) is 11.4. The summed E-state index contributed by atoms with van der Waals surface area (Å²) in [6, 6.07) is 15.0. The number of halogens is 1. The lowest BCUT2D eigenvalue weighted by atomic mass is 10.0. The van der Waals surface area contributed by atoms with Crippen molar-refractivity contribution in [2.75, 3.05) is 17.6 Å². The number of nitrogens with zero attached hydrogens (tertiary/aromatic N) is 1. The summed E-state index contributed by atoms with van der Waals surface area (Å²) in [4.78, 5) is 24.6. The molecule has 1 saturated heterocycles. The van der Waals surface area contributed by atoms with E-state index >= 15 is 0 Å². The molecule has 3 aromatic carbocycles. The van der Waals surface area contributed by atoms with Crippen LogP contribution in [-0.2, 0) is 14.8 Å². The number of rotatable bonds is 5. The lowest BCUT2D eigenvalue weighted by Crippen LogP contribution is -2.58. The highest BCUT2D eigenvalue weighted by Crippen LogP contribution is 2.39. The Hall–Kier alpha value is -3.05. The SMILES string of the molecule is CC1(C)SCCN(S(=O)(=O)c2ccc3oc4cc(NC(=O)c5cccc(Cl)c5)ccc4c3c2)C1C(=O)O. The van der Waals surface area contributed by atoms with E-state index in [2.05, 4.69) is 5.32 Å². The molecule has 1 unspecified atom stereocenters. The largest absolute Gasteiger partial charge is 0.480 e. The van der Waals surface area contributed by atoms with Crippen LogP contribution in [0.2, 0.25) is 5.02 Å². The van der Waals surface area contributed by atoms with Gasteiger partial charge in [0.2, 0.25) is 10.0 Å². The molecule has 192 valence electrons. The maximum atomic E-state index is 13.6. The van der Waals surface area contributed by atoms with Crippen LogP contribution in [-0.4, -0.2) is 52.8 Å². The Labute approximate surface area is 222 Å². The molecule has 1 amide bonds. The summed E-state index contributed by atoms with van der Waals surface area (Å²) >= 11 is 7.42. The molecule has 2 heterocycles. The third kappa shape index (κ3) is 4.70. The second-order valence-electron chi connectivity index (χ2n) is 9.24. The Morgan fingerprint density at radius 1 is 1.08 bits per heavy atom. The van der Waals surface area contributed by atoms with Crippen molar-refractivity contribution < 1.29 is 27.5 Å². The van der Waals surface area contributed by atoms with Gasteiger partial charge in [-0.15, -0.1) is 0 Å². The van der Waals surface area contributed by atoms with E-state index < -0.39 is 26.8 Å². The summed E-state index contributed by atoms with van der Waals surface area (Å²) in [6.07, 6.45) is 0. The summed E-state index contributed by atoms with van der Waals surface area (Å²) in [6.45, 7) is 3.59. The second kappa shape index (κ2) is 9.36. The minimum atomic E-state index is -4.09. The summed E-state index contributed by atoms with van der Waals surface area (Å²) in [5.41, 5.74) is 1.84. The lowest BCUT2D eigenvalue weighted by molar-refractivity contribution is -0.142. The highest BCUT2D eigenvalue weighted by molar-refractivity contribution is 8.00. The summed E-state index contributed by atoms with van der Waals surface area (Å²) in [5, 5.41) is 14.3. The number of benzene rings is 3. The van der Waals surface area contributed by atoms with Crippen LogP contribution in [0.15, 0.2) is 70.0 Å². The van der Waals surface area contributed by atoms with Crippen LogP contribution in [0.4, 0.5) is 5.69 Å². The van der Waals surface area contributed by atoms with Crippen LogP contribution in [0, 0.1) is 0 Å². The molecule has 0 spiro atoms. The predicted molar refractivity (Wildman–Crippen MR) is 145 cm³/mol. The van der Waals surface area contributed by atoms with E-state index in [0.29, 0.717) is 44.0 Å². The fourth-order valence-corrected chi connectivity index (χ4v) is 7.91. The number of hydrogen-bond donors (Lipinski definition) is 2. The van der Waals surface area contributed by atoms with Gasteiger partial charge in [-0.05, 0) is 62.4 Å². The van der Waals surface area contributed by atoms with E-state index in [9.17, 15) is 23.1 Å². The molecule has 37 heavy (non-hydrogen) atoms. The lowest BCUT2D eigenvalue weighted by Gasteiger charge is -2.42. The Morgan fingerprint density at radius 2 is 1.86 bits per heavy atom. The van der Waals surface area contributed by atoms with Crippen LogP contribution >= 0.6 is 23.4 Å². The number of amides is 1. The van der Waals surface area contributed by atoms with E-state index in [4.69, 9.17) is 16.0 Å². The highest BCUT2D eigenvalue weighted by atomic mass is 35.5. The average molecular weight is 559 g/mol. The number of carboxylic acids is 1. The zero-order chi connectivity index (χ0) is 26.5. The Bertz CT molecular complexity index is 1660. The zero-order valence-electron chi connectivity index (χ0n) is 19.9. The Morgan fingerprint density at radius 3 is 2.59 bits per heavy atom. The monoisotopic (exact) mass is 558 g/mol. The standard InChI is InChI=1S/C26H23ClN2O6S2/c1-26(2)23(25(31)32)29(10-11-36-26)37(33,34)18-7-9-21-20(14-18)19-8-6-17(13-22(19)35-21)28-24(30)15-4-3-5-16(27)12-15/h3-9,12-14,23H,10-11H2,1-2H3,(H,28,30)(H,31,32). The molecule has 4 aromatic rings. The van der Waals surface area contributed by atoms with Gasteiger partial charge in [-0.1, -0.05) is 17.7 Å². The topological polar surface area (TPSA) is 117 Å². The number of nitrogens with one attached hydrogen (secondary N) is 1. The van der Waals surface area contributed by atoms with Crippen LogP contribution in [0.1, 0.15) is 24.2 Å². The number of anilines is 1. The van der Waals surface area contributed by atoms with Crippen molar-refractivity contribution in [2.24, 2.45) is 0 Å². The van der Waals surface area contributed by atoms with E-state index in [0.717, 1.165) is 4.31 Å². The molecule has 0 saturated carbocycles. The van der Waals surface area contributed by atoms with Gasteiger partial charge in [0, 0.05) is 50.2 Å². The number of carboxylic acid groups (broad SMARTS) is 1. The number of fused-ring (bicyclic) bond motifs is 3. The third-order valence-electron chi connectivity index (χ3n) is 6.36. The van der Waals surface area contributed by atoms with Crippen molar-refractivity contribution >= 4 is 72.9 Å². The number of thioether (sulfide) groups is 1. The minimum absolute atomic E-state index is 0.00464. The molecular weight excluding hydrogens is 536 g/mol. The normalized spacial score (nSPS) is 18.2. The maximum Gasteiger partial charge on any atom is 0.323 e. The van der Waals surface area contributed by atoms with E-state index in [1.165, 1.54) is 23.9 Å². The molecule has 1 aliphatic rings. The van der Waals surface area contributed by atoms with Crippen LogP contribution < -0.4 is 5.32 Å². The molecular formula is C26H23ClN2O6S2. The fourth-order valence-electron chi connectivity index (χ4n) is 4.60. The highest BCUT2D eigenvalue weighted by Gasteiger charge is 2.48. The molecule has 11 heteroatoms. The molecule has 1 atom stereocenters. The van der Waals surface area contributed by atoms with Gasteiger partial charge in [-0.3, -0.25) is 9.59 Å². The van der Waals surface area contributed by atoms with Crippen molar-refractivity contribution in [3.63, 3.8) is 0 Å². The number of sulfonamides is 1. The maximum absolute atomic E-state index is 13.6. The molecule has 0 bridgehead atoms. The van der Waals surface area contributed by atoms with Gasteiger partial charge < -0.3 is 14.8 Å². The first-order valence-corrected chi connectivity index (χ1v) is 14.2. The quantitative estimate of drug-likeness (QED) is 0.334. The third-order valence-corrected chi connectivity index (χ3v) is 9.81. The van der Waals surface area contributed by atoms with E-state index in [1.807, 2.05) is 0 Å². The summed E-state index contributed by atoms with van der Waals surface area (Å²) in [7, 11) is -4.09. The van der Waals surface area contributed by atoms with Crippen molar-refractivity contribution in [1.29, 1.82) is 0 Å². The molecule has 5 rings (SSSR count). The first-order chi connectivity index (χ1) is 17.5. The molecule has 1 fully saturated rings. The second-order valence-corrected chi connectivity index (χ2v) is 13.3. The molecule has 0 aliphatic carbocycles. The van der Waals surface area contributed by atoms with Gasteiger partial charge in [0.1, 0.15) is 17.2 Å². The number of hydrogen-bond acceptors (Lipinski definition) is 6. The number of carbonyl (C=O) groups is 2. The van der Waals surface area contributed by atoms with Gasteiger partial charge in [-0.25, -0.2) is 8.42 Å². The molecule has 0 radical (unpaired) electrons. The van der Waals surface area contributed by atoms with Crippen LogP contribution in [0.5, 0.6) is 0 Å². The van der Waals surface area contributed by atoms with Crippen molar-refractivity contribution in [2.45, 2.75) is 29.5 Å². The van der Waals surface area contributed by atoms with Crippen LogP contribution in [0.3, 0.4) is 0 Å². The minimum Gasteiger partial charge on any atom is -0.480 e. The van der Waals surface area contributed by atoms with Crippen LogP contribution in [0.25, 0.3) is 21.9 Å². The van der Waals surface area contributed by atoms with Gasteiger partial charge in [-0.2, -0.15) is 16.1 Å². The van der Waals surface area contributed by atoms with E-state index in [1.54, 1.807) is 62.4 Å². The van der Waals surface area contributed by atoms with Crippen molar-refractivity contribution in [1.82, 2.24) is 4.31 Å². The first kappa shape index (κ1) is 25.6. The molecule has 1 aliphatic heterocycles.